The fraction of sp³-hybridized carbons (Fsp3) is 0.545. The van der Waals surface area contributed by atoms with Gasteiger partial charge >= 0.3 is 0 Å². The Morgan fingerprint density at radius 3 is 3.12 bits per heavy atom. The van der Waals surface area contributed by atoms with Gasteiger partial charge in [0.15, 0.2) is 0 Å². The summed E-state index contributed by atoms with van der Waals surface area (Å²) in [6.07, 6.45) is 2.89. The Morgan fingerprint density at radius 2 is 2.50 bits per heavy atom. The first kappa shape index (κ1) is 11.3. The molecule has 0 aliphatic carbocycles. The second-order valence-corrected chi connectivity index (χ2v) is 4.82. The number of carbonyl (C=O) groups is 2. The lowest BCUT2D eigenvalue weighted by Gasteiger charge is -2.30. The predicted molar refractivity (Wildman–Crippen MR) is 61.4 cm³/mol. The Balaban J connectivity index is 2.06. The van der Waals surface area contributed by atoms with Gasteiger partial charge in [-0.3, -0.25) is 14.6 Å². The summed E-state index contributed by atoms with van der Waals surface area (Å²) in [6.45, 7) is 3.10. The molecule has 2 rings (SSSR count). The number of aromatic nitrogens is 1. The van der Waals surface area contributed by atoms with Crippen molar-refractivity contribution in [1.82, 2.24) is 9.88 Å². The van der Waals surface area contributed by atoms with Crippen LogP contribution in [0, 0.1) is 5.92 Å². The van der Waals surface area contributed by atoms with E-state index >= 15 is 0 Å². The van der Waals surface area contributed by atoms with Crippen LogP contribution in [0.4, 0.5) is 0 Å². The largest absolute Gasteiger partial charge is 0.337 e. The average Bonchev–Trinajstić information content (AvgIpc) is 2.82. The molecule has 1 aliphatic heterocycles. The van der Waals surface area contributed by atoms with E-state index in [9.17, 15) is 9.59 Å². The summed E-state index contributed by atoms with van der Waals surface area (Å²) < 4.78 is 0. The summed E-state index contributed by atoms with van der Waals surface area (Å²) >= 11 is 1.35. The molecule has 86 valence electrons. The molecule has 0 aromatic carbocycles. The van der Waals surface area contributed by atoms with E-state index in [2.05, 4.69) is 4.98 Å². The van der Waals surface area contributed by atoms with Crippen molar-refractivity contribution in [1.29, 1.82) is 0 Å². The highest BCUT2D eigenvalue weighted by atomic mass is 32.1. The Labute approximate surface area is 98.3 Å². The maximum atomic E-state index is 12.0. The van der Waals surface area contributed by atoms with E-state index in [4.69, 9.17) is 0 Å². The molecule has 1 saturated heterocycles. The number of amides is 1. The molecule has 1 aromatic rings. The Hall–Kier alpha value is -1.23. The molecule has 1 aromatic heterocycles. The average molecular weight is 238 g/mol. The van der Waals surface area contributed by atoms with Crippen LogP contribution < -0.4 is 0 Å². The zero-order valence-electron chi connectivity index (χ0n) is 9.18. The zero-order chi connectivity index (χ0) is 11.5. The second kappa shape index (κ2) is 4.74. The van der Waals surface area contributed by atoms with Gasteiger partial charge in [-0.1, -0.05) is 6.92 Å². The summed E-state index contributed by atoms with van der Waals surface area (Å²) in [4.78, 5) is 29.9. The molecule has 4 nitrogen and oxygen atoms in total. The van der Waals surface area contributed by atoms with Crippen molar-refractivity contribution in [3.8, 4) is 0 Å². The normalized spacial score (nSPS) is 21.2. The molecule has 0 N–H and O–H groups in total. The molecule has 1 fully saturated rings. The second-order valence-electron chi connectivity index (χ2n) is 3.94. The van der Waals surface area contributed by atoms with Crippen LogP contribution in [0.3, 0.4) is 0 Å². The van der Waals surface area contributed by atoms with Crippen LogP contribution in [0.25, 0.3) is 0 Å². The van der Waals surface area contributed by atoms with Gasteiger partial charge in [0.05, 0.1) is 11.7 Å². The summed E-state index contributed by atoms with van der Waals surface area (Å²) in [5.74, 6) is 0.315. The van der Waals surface area contributed by atoms with Crippen molar-refractivity contribution in [2.75, 3.05) is 13.1 Å². The van der Waals surface area contributed by atoms with Crippen molar-refractivity contribution >= 4 is 23.0 Å². The summed E-state index contributed by atoms with van der Waals surface area (Å²) in [5, 5.41) is 0. The van der Waals surface area contributed by atoms with Crippen LogP contribution in [0.5, 0.6) is 0 Å². The highest BCUT2D eigenvalue weighted by Gasteiger charge is 2.29. The van der Waals surface area contributed by atoms with Crippen LogP contribution in [0.2, 0.25) is 0 Å². The first-order valence-corrected chi connectivity index (χ1v) is 6.30. The molecule has 1 aliphatic rings. The number of ketones is 1. The Kier molecular flexibility index (Phi) is 3.33. The summed E-state index contributed by atoms with van der Waals surface area (Å²) in [7, 11) is 0. The molecule has 0 radical (unpaired) electrons. The van der Waals surface area contributed by atoms with E-state index in [1.54, 1.807) is 16.6 Å². The van der Waals surface area contributed by atoms with Gasteiger partial charge < -0.3 is 4.90 Å². The van der Waals surface area contributed by atoms with Crippen LogP contribution in [0.1, 0.15) is 29.4 Å². The van der Waals surface area contributed by atoms with Crippen LogP contribution in [-0.4, -0.2) is 34.7 Å². The molecular weight excluding hydrogens is 224 g/mol. The van der Waals surface area contributed by atoms with Gasteiger partial charge in [-0.15, -0.1) is 11.3 Å². The molecular formula is C11H14N2O2S. The van der Waals surface area contributed by atoms with Gasteiger partial charge in [-0.05, 0) is 6.42 Å². The van der Waals surface area contributed by atoms with Gasteiger partial charge in [-0.25, -0.2) is 0 Å². The number of likely N-dealkylation sites (tertiary alicyclic amines) is 1. The first-order chi connectivity index (χ1) is 7.72. The number of piperidine rings is 1. The van der Waals surface area contributed by atoms with Gasteiger partial charge in [0.1, 0.15) is 10.7 Å². The highest BCUT2D eigenvalue weighted by molar-refractivity contribution is 7.11. The quantitative estimate of drug-likeness (QED) is 0.786. The number of rotatable bonds is 2. The van der Waals surface area contributed by atoms with Crippen molar-refractivity contribution in [3.63, 3.8) is 0 Å². The van der Waals surface area contributed by atoms with Crippen molar-refractivity contribution in [2.45, 2.75) is 19.8 Å². The molecule has 1 unspecified atom stereocenters. The van der Waals surface area contributed by atoms with E-state index in [1.165, 1.54) is 11.3 Å². The van der Waals surface area contributed by atoms with Crippen molar-refractivity contribution < 1.29 is 9.59 Å². The fourth-order valence-corrected chi connectivity index (χ4v) is 2.51. The van der Waals surface area contributed by atoms with Crippen LogP contribution in [-0.2, 0) is 4.79 Å². The monoisotopic (exact) mass is 238 g/mol. The third kappa shape index (κ3) is 2.14. The van der Waals surface area contributed by atoms with Crippen molar-refractivity contribution in [3.05, 3.63) is 16.6 Å². The summed E-state index contributed by atoms with van der Waals surface area (Å²) in [5.41, 5.74) is 1.65. The highest BCUT2D eigenvalue weighted by Crippen LogP contribution is 2.19. The van der Waals surface area contributed by atoms with Gasteiger partial charge in [0.2, 0.25) is 0 Å². The molecule has 2 heterocycles. The lowest BCUT2D eigenvalue weighted by molar-refractivity contribution is -0.125. The lowest BCUT2D eigenvalue weighted by atomic mass is 9.94. The van der Waals surface area contributed by atoms with Gasteiger partial charge in [0.25, 0.3) is 5.91 Å². The molecule has 1 amide bonds. The standard InChI is InChI=1S/C11H14N2O2S/c1-2-8-6-13(4-3-9(8)14)11(15)10-5-12-7-16-10/h5,7-8H,2-4,6H2,1H3. The smallest absolute Gasteiger partial charge is 0.265 e. The van der Waals surface area contributed by atoms with Crippen LogP contribution >= 0.6 is 11.3 Å². The number of hydrogen-bond acceptors (Lipinski definition) is 4. The van der Waals surface area contributed by atoms with Crippen LogP contribution in [0.15, 0.2) is 11.7 Å². The van der Waals surface area contributed by atoms with Gasteiger partial charge in [0, 0.05) is 25.4 Å². The van der Waals surface area contributed by atoms with E-state index in [0.717, 1.165) is 6.42 Å². The maximum Gasteiger partial charge on any atom is 0.265 e. The maximum absolute atomic E-state index is 12.0. The van der Waals surface area contributed by atoms with E-state index in [1.807, 2.05) is 6.92 Å². The van der Waals surface area contributed by atoms with Gasteiger partial charge in [-0.2, -0.15) is 0 Å². The Morgan fingerprint density at radius 1 is 1.69 bits per heavy atom. The SMILES string of the molecule is CCC1CN(C(=O)c2cncs2)CCC1=O. The number of carbonyl (C=O) groups excluding carboxylic acids is 2. The summed E-state index contributed by atoms with van der Waals surface area (Å²) in [6, 6.07) is 0. The van der Waals surface area contributed by atoms with E-state index < -0.39 is 0 Å². The molecule has 0 bridgehead atoms. The molecule has 16 heavy (non-hydrogen) atoms. The predicted octanol–water partition coefficient (Wildman–Crippen LogP) is 1.58. The third-order valence-corrected chi connectivity index (χ3v) is 3.71. The molecule has 1 atom stereocenters. The topological polar surface area (TPSA) is 50.3 Å². The molecule has 0 spiro atoms. The minimum absolute atomic E-state index is 0.00782. The van der Waals surface area contributed by atoms with E-state index in [0.29, 0.717) is 24.4 Å². The lowest BCUT2D eigenvalue weighted by Crippen LogP contribution is -2.43. The number of hydrogen-bond donors (Lipinski definition) is 0. The molecule has 5 heteroatoms. The Bertz CT molecular complexity index is 389. The number of nitrogens with zero attached hydrogens (tertiary/aromatic N) is 2. The fourth-order valence-electron chi connectivity index (χ4n) is 1.93. The minimum Gasteiger partial charge on any atom is -0.337 e. The van der Waals surface area contributed by atoms with Crippen molar-refractivity contribution in [2.24, 2.45) is 5.92 Å². The van der Waals surface area contributed by atoms with E-state index in [-0.39, 0.29) is 17.6 Å². The first-order valence-electron chi connectivity index (χ1n) is 5.43. The number of thiazole rings is 1. The minimum atomic E-state index is 0.00782. The molecule has 0 saturated carbocycles. The third-order valence-electron chi connectivity index (χ3n) is 2.95. The number of Topliss-reactive ketones (excluding diaryl/α,β-unsaturated/α-hetero) is 1. The zero-order valence-corrected chi connectivity index (χ0v) is 10.00.